The van der Waals surface area contributed by atoms with Crippen molar-refractivity contribution < 1.29 is 23.1 Å². The average Bonchev–Trinajstić information content (AvgIpc) is 2.58. The molecule has 2 rings (SSSR count). The summed E-state index contributed by atoms with van der Waals surface area (Å²) in [5.41, 5.74) is 0. The van der Waals surface area contributed by atoms with Crippen LogP contribution in [-0.4, -0.2) is 21.0 Å². The van der Waals surface area contributed by atoms with Crippen molar-refractivity contribution in [2.45, 2.75) is 6.18 Å². The molecular formula is C8H3F3N2O2S. The Hall–Kier alpha value is -1.70. The van der Waals surface area contributed by atoms with Gasteiger partial charge in [0.25, 0.3) is 0 Å². The summed E-state index contributed by atoms with van der Waals surface area (Å²) in [6.07, 6.45) is -3.66. The van der Waals surface area contributed by atoms with Gasteiger partial charge in [-0.05, 0) is 6.07 Å². The lowest BCUT2D eigenvalue weighted by atomic mass is 10.3. The van der Waals surface area contributed by atoms with Crippen molar-refractivity contribution in [1.82, 2.24) is 9.97 Å². The maximum atomic E-state index is 12.2. The van der Waals surface area contributed by atoms with Crippen LogP contribution >= 0.6 is 11.3 Å². The molecule has 84 valence electrons. The first kappa shape index (κ1) is 10.8. The molecule has 0 aliphatic rings. The van der Waals surface area contributed by atoms with Gasteiger partial charge < -0.3 is 5.11 Å². The minimum Gasteiger partial charge on any atom is -0.477 e. The maximum absolute atomic E-state index is 12.2. The fraction of sp³-hybridized carbons (Fsp3) is 0.125. The number of nitrogens with zero attached hydrogens (tertiary/aromatic N) is 2. The third kappa shape index (κ3) is 1.83. The number of halogens is 3. The summed E-state index contributed by atoms with van der Waals surface area (Å²) in [6, 6.07) is 1.24. The molecule has 0 atom stereocenters. The molecule has 16 heavy (non-hydrogen) atoms. The molecule has 0 fully saturated rings. The zero-order chi connectivity index (χ0) is 11.9. The molecule has 0 unspecified atom stereocenters. The second-order valence-corrected chi connectivity index (χ2v) is 3.90. The van der Waals surface area contributed by atoms with Crippen molar-refractivity contribution in [2.75, 3.05) is 0 Å². The predicted octanol–water partition coefficient (Wildman–Crippen LogP) is 2.41. The molecule has 0 spiro atoms. The van der Waals surface area contributed by atoms with E-state index in [1.807, 2.05) is 0 Å². The lowest BCUT2D eigenvalue weighted by Gasteiger charge is -2.02. The molecule has 8 heteroatoms. The number of thiophene rings is 1. The van der Waals surface area contributed by atoms with Crippen molar-refractivity contribution in [2.24, 2.45) is 0 Å². The maximum Gasteiger partial charge on any atom is 0.451 e. The van der Waals surface area contributed by atoms with E-state index in [9.17, 15) is 18.0 Å². The summed E-state index contributed by atoms with van der Waals surface area (Å²) >= 11 is 0.685. The molecular weight excluding hydrogens is 245 g/mol. The quantitative estimate of drug-likeness (QED) is 0.841. The highest BCUT2D eigenvalue weighted by molar-refractivity contribution is 7.20. The summed E-state index contributed by atoms with van der Waals surface area (Å²) in [5, 5.41) is 8.94. The van der Waals surface area contributed by atoms with Gasteiger partial charge in [-0.15, -0.1) is 11.3 Å². The summed E-state index contributed by atoms with van der Waals surface area (Å²) in [5.74, 6) is -2.46. The minimum absolute atomic E-state index is 0.0136. The Morgan fingerprint density at radius 1 is 1.44 bits per heavy atom. The molecule has 0 radical (unpaired) electrons. The van der Waals surface area contributed by atoms with Gasteiger partial charge in [0.2, 0.25) is 5.82 Å². The Morgan fingerprint density at radius 2 is 2.12 bits per heavy atom. The van der Waals surface area contributed by atoms with Crippen molar-refractivity contribution in [3.63, 3.8) is 0 Å². The van der Waals surface area contributed by atoms with Crippen LogP contribution in [0.15, 0.2) is 12.3 Å². The molecule has 0 amide bonds. The SMILES string of the molecule is O=C(O)c1cc2cnc(C(F)(F)F)nc2s1. The summed E-state index contributed by atoms with van der Waals surface area (Å²) < 4.78 is 36.7. The van der Waals surface area contributed by atoms with Gasteiger partial charge in [0.15, 0.2) is 0 Å². The van der Waals surface area contributed by atoms with Crippen LogP contribution in [0.3, 0.4) is 0 Å². The number of hydrogen-bond acceptors (Lipinski definition) is 4. The van der Waals surface area contributed by atoms with Gasteiger partial charge in [0, 0.05) is 11.6 Å². The van der Waals surface area contributed by atoms with Gasteiger partial charge in [-0.2, -0.15) is 13.2 Å². The normalized spacial score (nSPS) is 11.9. The van der Waals surface area contributed by atoms with E-state index in [-0.39, 0.29) is 15.1 Å². The van der Waals surface area contributed by atoms with Crippen molar-refractivity contribution >= 4 is 27.5 Å². The van der Waals surface area contributed by atoms with E-state index < -0.39 is 18.0 Å². The predicted molar refractivity (Wildman–Crippen MR) is 49.4 cm³/mol. The Labute approximate surface area is 90.4 Å². The van der Waals surface area contributed by atoms with Crippen LogP contribution < -0.4 is 0 Å². The lowest BCUT2D eigenvalue weighted by Crippen LogP contribution is -2.09. The van der Waals surface area contributed by atoms with E-state index in [0.29, 0.717) is 11.3 Å². The molecule has 0 aliphatic heterocycles. The number of fused-ring (bicyclic) bond motifs is 1. The number of aromatic carboxylic acids is 1. The minimum atomic E-state index is -4.62. The van der Waals surface area contributed by atoms with E-state index in [1.165, 1.54) is 6.07 Å². The molecule has 1 N–H and O–H groups in total. The fourth-order valence-corrected chi connectivity index (χ4v) is 1.92. The first-order valence-electron chi connectivity index (χ1n) is 3.95. The number of carboxylic acids is 1. The number of rotatable bonds is 1. The van der Waals surface area contributed by atoms with Gasteiger partial charge in [0.1, 0.15) is 9.71 Å². The lowest BCUT2D eigenvalue weighted by molar-refractivity contribution is -0.144. The van der Waals surface area contributed by atoms with E-state index >= 15 is 0 Å². The van der Waals surface area contributed by atoms with E-state index in [4.69, 9.17) is 5.11 Å². The third-order valence-electron chi connectivity index (χ3n) is 1.74. The molecule has 2 aromatic rings. The van der Waals surface area contributed by atoms with Crippen LogP contribution in [-0.2, 0) is 6.18 Å². The Balaban J connectivity index is 2.58. The number of aromatic nitrogens is 2. The number of carboxylic acid groups (broad SMARTS) is 1. The molecule has 0 bridgehead atoms. The van der Waals surface area contributed by atoms with Crippen LogP contribution in [0.5, 0.6) is 0 Å². The number of carbonyl (C=O) groups is 1. The van der Waals surface area contributed by atoms with Gasteiger partial charge in [-0.1, -0.05) is 0 Å². The van der Waals surface area contributed by atoms with Gasteiger partial charge in [0.05, 0.1) is 0 Å². The fourth-order valence-electron chi connectivity index (χ4n) is 1.07. The smallest absolute Gasteiger partial charge is 0.451 e. The van der Waals surface area contributed by atoms with Crippen molar-refractivity contribution in [3.05, 3.63) is 23.0 Å². The standard InChI is InChI=1S/C8H3F3N2O2S/c9-8(10,11)7-12-2-3-1-4(6(14)15)16-5(3)13-7/h1-2H,(H,14,15). The van der Waals surface area contributed by atoms with Gasteiger partial charge in [-0.3, -0.25) is 0 Å². The monoisotopic (exact) mass is 248 g/mol. The molecule has 0 saturated carbocycles. The van der Waals surface area contributed by atoms with E-state index in [0.717, 1.165) is 6.20 Å². The zero-order valence-electron chi connectivity index (χ0n) is 7.45. The molecule has 2 aromatic heterocycles. The van der Waals surface area contributed by atoms with Crippen LogP contribution in [0, 0.1) is 0 Å². The average molecular weight is 248 g/mol. The van der Waals surface area contributed by atoms with Crippen LogP contribution in [0.2, 0.25) is 0 Å². The third-order valence-corrected chi connectivity index (χ3v) is 2.77. The largest absolute Gasteiger partial charge is 0.477 e. The Morgan fingerprint density at radius 3 is 2.69 bits per heavy atom. The highest BCUT2D eigenvalue weighted by Gasteiger charge is 2.34. The Kier molecular flexibility index (Phi) is 2.30. The van der Waals surface area contributed by atoms with Gasteiger partial charge in [-0.25, -0.2) is 14.8 Å². The summed E-state index contributed by atoms with van der Waals surface area (Å²) in [4.78, 5) is 16.9. The van der Waals surface area contributed by atoms with Crippen molar-refractivity contribution in [3.8, 4) is 0 Å². The van der Waals surface area contributed by atoms with Crippen LogP contribution in [0.25, 0.3) is 10.2 Å². The molecule has 4 nitrogen and oxygen atoms in total. The topological polar surface area (TPSA) is 63.1 Å². The number of alkyl halides is 3. The second kappa shape index (κ2) is 3.41. The van der Waals surface area contributed by atoms with Gasteiger partial charge >= 0.3 is 12.1 Å². The summed E-state index contributed by atoms with van der Waals surface area (Å²) in [7, 11) is 0. The summed E-state index contributed by atoms with van der Waals surface area (Å²) in [6.45, 7) is 0. The van der Waals surface area contributed by atoms with Crippen LogP contribution in [0.1, 0.15) is 15.5 Å². The first-order valence-corrected chi connectivity index (χ1v) is 4.76. The zero-order valence-corrected chi connectivity index (χ0v) is 8.26. The molecule has 0 saturated heterocycles. The molecule has 2 heterocycles. The first-order chi connectivity index (χ1) is 7.38. The highest BCUT2D eigenvalue weighted by atomic mass is 32.1. The Bertz CT molecular complexity index is 564. The highest BCUT2D eigenvalue weighted by Crippen LogP contribution is 2.29. The second-order valence-electron chi connectivity index (χ2n) is 2.87. The van der Waals surface area contributed by atoms with Crippen LogP contribution in [0.4, 0.5) is 13.2 Å². The molecule has 0 aliphatic carbocycles. The van der Waals surface area contributed by atoms with E-state index in [1.54, 1.807) is 0 Å². The number of hydrogen-bond donors (Lipinski definition) is 1. The molecule has 0 aromatic carbocycles. The van der Waals surface area contributed by atoms with Crippen molar-refractivity contribution in [1.29, 1.82) is 0 Å². The van der Waals surface area contributed by atoms with E-state index in [2.05, 4.69) is 9.97 Å².